The molecule has 1 aromatic heterocycles. The number of hydrogen-bond donors (Lipinski definition) is 1. The molecule has 1 heterocycles. The van der Waals surface area contributed by atoms with Crippen LogP contribution in [-0.4, -0.2) is 9.55 Å². The number of fused-ring (bicyclic) bond motifs is 1. The fourth-order valence-corrected chi connectivity index (χ4v) is 2.56. The first-order valence-corrected chi connectivity index (χ1v) is 6.90. The van der Waals surface area contributed by atoms with Gasteiger partial charge in [0.25, 0.3) is 5.56 Å². The zero-order valence-corrected chi connectivity index (χ0v) is 12.1. The van der Waals surface area contributed by atoms with Crippen molar-refractivity contribution in [2.24, 2.45) is 0 Å². The number of nitrogens with one attached hydrogen (secondary N) is 1. The summed E-state index contributed by atoms with van der Waals surface area (Å²) in [4.78, 5) is 25.4. The van der Waals surface area contributed by atoms with Gasteiger partial charge in [0, 0.05) is 6.20 Å². The van der Waals surface area contributed by atoms with E-state index in [1.807, 2.05) is 42.5 Å². The molecular formula is C15H11BrN2O2. The lowest BCUT2D eigenvalue weighted by molar-refractivity contribution is 0.719. The molecule has 3 aromatic rings. The second kappa shape index (κ2) is 5.09. The Labute approximate surface area is 122 Å². The Hall–Kier alpha value is -2.14. The van der Waals surface area contributed by atoms with Crippen molar-refractivity contribution in [3.05, 3.63) is 79.5 Å². The van der Waals surface area contributed by atoms with Gasteiger partial charge in [-0.2, -0.15) is 0 Å². The molecule has 0 unspecified atom stereocenters. The molecule has 0 saturated heterocycles. The molecule has 20 heavy (non-hydrogen) atoms. The van der Waals surface area contributed by atoms with Crippen molar-refractivity contribution in [2.45, 2.75) is 6.54 Å². The minimum absolute atomic E-state index is 0.345. The molecule has 0 fully saturated rings. The van der Waals surface area contributed by atoms with Crippen LogP contribution in [0.1, 0.15) is 5.56 Å². The Balaban J connectivity index is 2.13. The number of aromatic amines is 1. The second-order valence-electron chi connectivity index (χ2n) is 4.50. The molecule has 0 aliphatic heterocycles. The largest absolute Gasteiger partial charge is 0.328 e. The Bertz CT molecular complexity index is 891. The van der Waals surface area contributed by atoms with Crippen LogP contribution in [0.5, 0.6) is 0 Å². The highest BCUT2D eigenvalue weighted by atomic mass is 79.9. The lowest BCUT2D eigenvalue weighted by Gasteiger charge is -2.09. The summed E-state index contributed by atoms with van der Waals surface area (Å²) in [5.41, 5.74) is 0.208. The molecule has 5 heteroatoms. The van der Waals surface area contributed by atoms with Crippen molar-refractivity contribution in [2.75, 3.05) is 0 Å². The quantitative estimate of drug-likeness (QED) is 0.784. The molecule has 1 N–H and O–H groups in total. The highest BCUT2D eigenvalue weighted by molar-refractivity contribution is 9.10. The Morgan fingerprint density at radius 1 is 1.05 bits per heavy atom. The third kappa shape index (κ3) is 2.32. The summed E-state index contributed by atoms with van der Waals surface area (Å²) in [6.45, 7) is 0.412. The molecule has 0 spiro atoms. The van der Waals surface area contributed by atoms with Crippen LogP contribution in [-0.2, 0) is 6.54 Å². The highest BCUT2D eigenvalue weighted by Gasteiger charge is 2.05. The molecule has 3 rings (SSSR count). The summed E-state index contributed by atoms with van der Waals surface area (Å²) in [5, 5.41) is 2.23. The fraction of sp³-hybridized carbons (Fsp3) is 0.0667. The SMILES string of the molecule is O=c1[nH]c(=O)n(Cc2cccc3ccccc23)cc1Br. The monoisotopic (exact) mass is 330 g/mol. The molecule has 0 atom stereocenters. The van der Waals surface area contributed by atoms with Crippen molar-refractivity contribution in [3.63, 3.8) is 0 Å². The van der Waals surface area contributed by atoms with Crippen molar-refractivity contribution >= 4 is 26.7 Å². The fourth-order valence-electron chi connectivity index (χ4n) is 2.21. The van der Waals surface area contributed by atoms with Crippen LogP contribution in [0.3, 0.4) is 0 Å². The van der Waals surface area contributed by atoms with Crippen LogP contribution in [0.2, 0.25) is 0 Å². The second-order valence-corrected chi connectivity index (χ2v) is 5.36. The highest BCUT2D eigenvalue weighted by Crippen LogP contribution is 2.19. The predicted molar refractivity (Wildman–Crippen MR) is 82.1 cm³/mol. The molecular weight excluding hydrogens is 320 g/mol. The van der Waals surface area contributed by atoms with Crippen molar-refractivity contribution in [1.82, 2.24) is 9.55 Å². The Kier molecular flexibility index (Phi) is 3.28. The van der Waals surface area contributed by atoms with E-state index in [1.165, 1.54) is 10.8 Å². The van der Waals surface area contributed by atoms with Crippen LogP contribution in [0.25, 0.3) is 10.8 Å². The van der Waals surface area contributed by atoms with E-state index in [2.05, 4.69) is 20.9 Å². The van der Waals surface area contributed by atoms with Gasteiger partial charge < -0.3 is 0 Å². The maximum absolute atomic E-state index is 11.8. The smallest absolute Gasteiger partial charge is 0.295 e. The maximum Gasteiger partial charge on any atom is 0.328 e. The molecule has 0 aliphatic carbocycles. The Morgan fingerprint density at radius 3 is 2.65 bits per heavy atom. The van der Waals surface area contributed by atoms with Crippen LogP contribution < -0.4 is 11.2 Å². The van der Waals surface area contributed by atoms with Crippen molar-refractivity contribution < 1.29 is 0 Å². The van der Waals surface area contributed by atoms with Gasteiger partial charge in [0.1, 0.15) is 0 Å². The topological polar surface area (TPSA) is 54.9 Å². The normalized spacial score (nSPS) is 10.8. The van der Waals surface area contributed by atoms with Crippen molar-refractivity contribution in [3.8, 4) is 0 Å². The molecule has 0 amide bonds. The van der Waals surface area contributed by atoms with Gasteiger partial charge in [-0.3, -0.25) is 14.3 Å². The van der Waals surface area contributed by atoms with Crippen LogP contribution in [0, 0.1) is 0 Å². The van der Waals surface area contributed by atoms with Crippen molar-refractivity contribution in [1.29, 1.82) is 0 Å². The molecule has 0 saturated carbocycles. The van der Waals surface area contributed by atoms with E-state index in [1.54, 1.807) is 0 Å². The van der Waals surface area contributed by atoms with Gasteiger partial charge in [0.05, 0.1) is 11.0 Å². The van der Waals surface area contributed by atoms with Gasteiger partial charge in [0.15, 0.2) is 0 Å². The first-order chi connectivity index (χ1) is 9.65. The number of halogens is 1. The average molecular weight is 331 g/mol. The van der Waals surface area contributed by atoms with Gasteiger partial charge in [-0.05, 0) is 32.3 Å². The van der Waals surface area contributed by atoms with Gasteiger partial charge >= 0.3 is 5.69 Å². The number of benzene rings is 2. The standard InChI is InChI=1S/C15H11BrN2O2/c16-13-9-18(15(20)17-14(13)19)8-11-6-3-5-10-4-1-2-7-12(10)11/h1-7,9H,8H2,(H,17,19,20). The molecule has 4 nitrogen and oxygen atoms in total. The van der Waals surface area contributed by atoms with Crippen LogP contribution in [0.4, 0.5) is 0 Å². The number of hydrogen-bond acceptors (Lipinski definition) is 2. The van der Waals surface area contributed by atoms with Crippen LogP contribution in [0.15, 0.2) is 62.7 Å². The molecule has 0 aliphatic rings. The van der Waals surface area contributed by atoms with Gasteiger partial charge in [-0.15, -0.1) is 0 Å². The van der Waals surface area contributed by atoms with Gasteiger partial charge in [-0.1, -0.05) is 42.5 Å². The molecule has 2 aromatic carbocycles. The van der Waals surface area contributed by atoms with Gasteiger partial charge in [0.2, 0.25) is 0 Å². The van der Waals surface area contributed by atoms with Gasteiger partial charge in [-0.25, -0.2) is 4.79 Å². The third-order valence-electron chi connectivity index (χ3n) is 3.19. The first kappa shape index (κ1) is 12.9. The van der Waals surface area contributed by atoms with E-state index in [0.29, 0.717) is 11.0 Å². The lowest BCUT2D eigenvalue weighted by atomic mass is 10.0. The summed E-state index contributed by atoms with van der Waals surface area (Å²) < 4.78 is 1.82. The summed E-state index contributed by atoms with van der Waals surface area (Å²) >= 11 is 3.14. The van der Waals surface area contributed by atoms with E-state index in [4.69, 9.17) is 0 Å². The average Bonchev–Trinajstić information content (AvgIpc) is 2.45. The summed E-state index contributed by atoms with van der Waals surface area (Å²) in [7, 11) is 0. The van der Waals surface area contributed by atoms with E-state index in [0.717, 1.165) is 16.3 Å². The minimum Gasteiger partial charge on any atom is -0.295 e. The van der Waals surface area contributed by atoms with E-state index >= 15 is 0 Å². The number of H-pyrrole nitrogens is 1. The summed E-state index contributed by atoms with van der Waals surface area (Å²) in [6.07, 6.45) is 1.52. The van der Waals surface area contributed by atoms with E-state index < -0.39 is 11.2 Å². The van der Waals surface area contributed by atoms with Crippen LogP contribution >= 0.6 is 15.9 Å². The third-order valence-corrected chi connectivity index (χ3v) is 3.75. The summed E-state index contributed by atoms with van der Waals surface area (Å²) in [5.74, 6) is 0. The van der Waals surface area contributed by atoms with E-state index in [-0.39, 0.29) is 0 Å². The van der Waals surface area contributed by atoms with E-state index in [9.17, 15) is 9.59 Å². The zero-order chi connectivity index (χ0) is 14.1. The number of nitrogens with zero attached hydrogens (tertiary/aromatic N) is 1. The Morgan fingerprint density at radius 2 is 1.80 bits per heavy atom. The molecule has 0 radical (unpaired) electrons. The maximum atomic E-state index is 11.8. The number of rotatable bonds is 2. The lowest BCUT2D eigenvalue weighted by Crippen LogP contribution is -2.30. The molecule has 100 valence electrons. The summed E-state index contributed by atoms with van der Waals surface area (Å²) in [6, 6.07) is 14.0. The minimum atomic E-state index is -0.413. The first-order valence-electron chi connectivity index (χ1n) is 6.11. The number of aromatic nitrogens is 2. The predicted octanol–water partition coefficient (Wildman–Crippen LogP) is 2.50. The zero-order valence-electron chi connectivity index (χ0n) is 10.5. The molecule has 0 bridgehead atoms.